The maximum Gasteiger partial charge on any atom is 0.121 e. The molecule has 2 nitrogen and oxygen atoms in total. The second kappa shape index (κ2) is 7.15. The Hall–Kier alpha value is -1.54. The van der Waals surface area contributed by atoms with E-state index in [2.05, 4.69) is 55.6 Å². The third-order valence-corrected chi connectivity index (χ3v) is 3.53. The molecule has 1 aromatic heterocycles. The maximum atomic E-state index is 5.63. The van der Waals surface area contributed by atoms with Gasteiger partial charge >= 0.3 is 0 Å². The predicted octanol–water partition coefficient (Wildman–Crippen LogP) is 4.51. The van der Waals surface area contributed by atoms with Gasteiger partial charge in [0.1, 0.15) is 5.76 Å². The van der Waals surface area contributed by atoms with E-state index in [1.54, 1.807) is 6.26 Å². The quantitative estimate of drug-likeness (QED) is 0.789. The van der Waals surface area contributed by atoms with Gasteiger partial charge in [0.05, 0.1) is 12.3 Å². The summed E-state index contributed by atoms with van der Waals surface area (Å²) < 4.78 is 5.63. The summed E-state index contributed by atoms with van der Waals surface area (Å²) in [6.07, 6.45) is 3.97. The molecule has 0 fully saturated rings. The zero-order valence-electron chi connectivity index (χ0n) is 11.8. The first-order chi connectivity index (χ1) is 9.36. The highest BCUT2D eigenvalue weighted by atomic mass is 16.3. The van der Waals surface area contributed by atoms with Crippen molar-refractivity contribution in [3.05, 3.63) is 60.1 Å². The van der Waals surface area contributed by atoms with E-state index in [1.807, 2.05) is 6.07 Å². The average molecular weight is 257 g/mol. The number of hydrogen-bond acceptors (Lipinski definition) is 2. The van der Waals surface area contributed by atoms with Crippen LogP contribution in [0.4, 0.5) is 0 Å². The average Bonchev–Trinajstić information content (AvgIpc) is 2.98. The number of furan rings is 1. The Balaban J connectivity index is 2.25. The lowest BCUT2D eigenvalue weighted by Crippen LogP contribution is -2.27. The van der Waals surface area contributed by atoms with Crippen LogP contribution in [0.25, 0.3) is 0 Å². The molecule has 1 N–H and O–H groups in total. The van der Waals surface area contributed by atoms with E-state index < -0.39 is 0 Å². The van der Waals surface area contributed by atoms with Crippen molar-refractivity contribution >= 4 is 0 Å². The van der Waals surface area contributed by atoms with Crippen LogP contribution in [0, 0.1) is 0 Å². The summed E-state index contributed by atoms with van der Waals surface area (Å²) in [4.78, 5) is 0. The SMILES string of the molecule is CCCNC(c1ccco1)C(CC)c1ccccc1. The van der Waals surface area contributed by atoms with Gasteiger partial charge in [0.15, 0.2) is 0 Å². The van der Waals surface area contributed by atoms with Crippen molar-refractivity contribution in [2.24, 2.45) is 0 Å². The Labute approximate surface area is 115 Å². The summed E-state index contributed by atoms with van der Waals surface area (Å²) >= 11 is 0. The molecule has 0 saturated carbocycles. The van der Waals surface area contributed by atoms with Crippen molar-refractivity contribution < 1.29 is 4.42 Å². The topological polar surface area (TPSA) is 25.2 Å². The molecule has 0 amide bonds. The number of hydrogen-bond donors (Lipinski definition) is 1. The minimum Gasteiger partial charge on any atom is -0.468 e. The van der Waals surface area contributed by atoms with Crippen LogP contribution in [0.15, 0.2) is 53.1 Å². The molecule has 0 saturated heterocycles. The predicted molar refractivity (Wildman–Crippen MR) is 79.2 cm³/mol. The van der Waals surface area contributed by atoms with Crippen LogP contribution in [-0.2, 0) is 0 Å². The van der Waals surface area contributed by atoms with Gasteiger partial charge in [-0.05, 0) is 37.1 Å². The Kier molecular flexibility index (Phi) is 5.22. The molecule has 2 heteroatoms. The van der Waals surface area contributed by atoms with Gasteiger partial charge in [-0.1, -0.05) is 44.2 Å². The van der Waals surface area contributed by atoms with Crippen molar-refractivity contribution in [1.82, 2.24) is 5.32 Å². The van der Waals surface area contributed by atoms with Crippen LogP contribution in [0.2, 0.25) is 0 Å². The van der Waals surface area contributed by atoms with E-state index in [9.17, 15) is 0 Å². The molecular formula is C17H23NO. The largest absolute Gasteiger partial charge is 0.468 e. The normalized spacial score (nSPS) is 14.2. The summed E-state index contributed by atoms with van der Waals surface area (Å²) in [6, 6.07) is 15.0. The molecule has 2 unspecified atom stereocenters. The van der Waals surface area contributed by atoms with E-state index in [0.717, 1.165) is 25.1 Å². The van der Waals surface area contributed by atoms with Crippen molar-refractivity contribution in [2.75, 3.05) is 6.54 Å². The van der Waals surface area contributed by atoms with Crippen LogP contribution in [0.1, 0.15) is 50.0 Å². The minimum absolute atomic E-state index is 0.252. The second-order valence-electron chi connectivity index (χ2n) is 4.87. The van der Waals surface area contributed by atoms with E-state index in [-0.39, 0.29) is 6.04 Å². The van der Waals surface area contributed by atoms with Gasteiger partial charge in [-0.2, -0.15) is 0 Å². The fourth-order valence-corrected chi connectivity index (χ4v) is 2.57. The smallest absolute Gasteiger partial charge is 0.121 e. The zero-order chi connectivity index (χ0) is 13.5. The van der Waals surface area contributed by atoms with Crippen molar-refractivity contribution in [3.8, 4) is 0 Å². The number of benzene rings is 1. The van der Waals surface area contributed by atoms with Crippen LogP contribution in [0.5, 0.6) is 0 Å². The lowest BCUT2D eigenvalue weighted by molar-refractivity contribution is 0.359. The standard InChI is InChI=1S/C17H23NO/c1-3-12-18-17(16-11-8-13-19-16)15(4-2)14-9-6-5-7-10-14/h5-11,13,15,17-18H,3-4,12H2,1-2H3. The van der Waals surface area contributed by atoms with Gasteiger partial charge in [0, 0.05) is 5.92 Å². The third kappa shape index (κ3) is 3.48. The zero-order valence-corrected chi connectivity index (χ0v) is 11.8. The van der Waals surface area contributed by atoms with Crippen molar-refractivity contribution in [3.63, 3.8) is 0 Å². The maximum absolute atomic E-state index is 5.63. The summed E-state index contributed by atoms with van der Waals surface area (Å²) in [5, 5.41) is 3.63. The van der Waals surface area contributed by atoms with E-state index in [1.165, 1.54) is 5.56 Å². The molecule has 0 bridgehead atoms. The van der Waals surface area contributed by atoms with E-state index in [4.69, 9.17) is 4.42 Å². The molecule has 0 aliphatic carbocycles. The van der Waals surface area contributed by atoms with Crippen molar-refractivity contribution in [1.29, 1.82) is 0 Å². The minimum atomic E-state index is 0.252. The molecule has 0 aliphatic rings. The van der Waals surface area contributed by atoms with Gasteiger partial charge in [-0.15, -0.1) is 0 Å². The highest BCUT2D eigenvalue weighted by Gasteiger charge is 2.24. The highest BCUT2D eigenvalue weighted by Crippen LogP contribution is 2.33. The lowest BCUT2D eigenvalue weighted by atomic mass is 9.87. The summed E-state index contributed by atoms with van der Waals surface area (Å²) in [5.41, 5.74) is 1.37. The molecule has 0 spiro atoms. The molecule has 2 atom stereocenters. The molecule has 19 heavy (non-hydrogen) atoms. The Morgan fingerprint density at radius 3 is 2.42 bits per heavy atom. The first-order valence-corrected chi connectivity index (χ1v) is 7.18. The summed E-state index contributed by atoms with van der Waals surface area (Å²) in [6.45, 7) is 5.44. The second-order valence-corrected chi connectivity index (χ2v) is 4.87. The van der Waals surface area contributed by atoms with Crippen LogP contribution >= 0.6 is 0 Å². The molecular weight excluding hydrogens is 234 g/mol. The molecule has 1 aromatic carbocycles. The Bertz CT molecular complexity index is 449. The van der Waals surface area contributed by atoms with Gasteiger partial charge < -0.3 is 9.73 Å². The molecule has 1 heterocycles. The molecule has 102 valence electrons. The fraction of sp³-hybridized carbons (Fsp3) is 0.412. The Morgan fingerprint density at radius 2 is 1.84 bits per heavy atom. The molecule has 2 aromatic rings. The van der Waals surface area contributed by atoms with E-state index >= 15 is 0 Å². The molecule has 0 aliphatic heterocycles. The van der Waals surface area contributed by atoms with Gasteiger partial charge in [-0.3, -0.25) is 0 Å². The Morgan fingerprint density at radius 1 is 1.05 bits per heavy atom. The first-order valence-electron chi connectivity index (χ1n) is 7.18. The summed E-state index contributed by atoms with van der Waals surface area (Å²) in [5.74, 6) is 1.48. The first kappa shape index (κ1) is 13.9. The van der Waals surface area contributed by atoms with Crippen LogP contribution < -0.4 is 5.32 Å². The molecule has 2 rings (SSSR count). The lowest BCUT2D eigenvalue weighted by Gasteiger charge is -2.26. The van der Waals surface area contributed by atoms with Gasteiger partial charge in [0.2, 0.25) is 0 Å². The molecule has 0 radical (unpaired) electrons. The third-order valence-electron chi connectivity index (χ3n) is 3.53. The fourth-order valence-electron chi connectivity index (χ4n) is 2.57. The number of nitrogens with one attached hydrogen (secondary N) is 1. The van der Waals surface area contributed by atoms with Gasteiger partial charge in [-0.25, -0.2) is 0 Å². The number of rotatable bonds is 7. The summed E-state index contributed by atoms with van der Waals surface area (Å²) in [7, 11) is 0. The van der Waals surface area contributed by atoms with Crippen molar-refractivity contribution in [2.45, 2.75) is 38.6 Å². The highest BCUT2D eigenvalue weighted by molar-refractivity contribution is 5.24. The van der Waals surface area contributed by atoms with Crippen LogP contribution in [-0.4, -0.2) is 6.54 Å². The monoisotopic (exact) mass is 257 g/mol. The van der Waals surface area contributed by atoms with E-state index in [0.29, 0.717) is 5.92 Å². The van der Waals surface area contributed by atoms with Crippen LogP contribution in [0.3, 0.4) is 0 Å². The van der Waals surface area contributed by atoms with Gasteiger partial charge in [0.25, 0.3) is 0 Å².